The van der Waals surface area contributed by atoms with Gasteiger partial charge in [0.15, 0.2) is 5.82 Å². The number of aryl methyl sites for hydroxylation is 1. The van der Waals surface area contributed by atoms with Crippen molar-refractivity contribution >= 4 is 46.0 Å². The zero-order valence-electron chi connectivity index (χ0n) is 21.9. The zero-order chi connectivity index (χ0) is 28.9. The number of nitrogens with zero attached hydrogens (tertiary/aromatic N) is 4. The number of halogens is 2. The van der Waals surface area contributed by atoms with Crippen LogP contribution in [0.3, 0.4) is 0 Å². The molecule has 3 heterocycles. The lowest BCUT2D eigenvalue weighted by molar-refractivity contribution is -0.137. The van der Waals surface area contributed by atoms with Crippen molar-refractivity contribution in [3.63, 3.8) is 0 Å². The lowest BCUT2D eigenvalue weighted by Crippen LogP contribution is -2.33. The minimum absolute atomic E-state index is 0.0275. The third-order valence-electron chi connectivity index (χ3n) is 7.46. The number of aromatic nitrogens is 4. The van der Waals surface area contributed by atoms with Crippen molar-refractivity contribution in [1.82, 2.24) is 19.7 Å². The van der Waals surface area contributed by atoms with Crippen LogP contribution in [0.15, 0.2) is 66.7 Å². The average molecular weight is 571 g/mol. The number of amides is 1. The summed E-state index contributed by atoms with van der Waals surface area (Å²) in [5, 5.41) is 17.8. The van der Waals surface area contributed by atoms with Crippen molar-refractivity contribution < 1.29 is 19.1 Å². The molecule has 41 heavy (non-hydrogen) atoms. The molecule has 11 heteroatoms. The summed E-state index contributed by atoms with van der Waals surface area (Å²) in [6, 6.07) is 18.9. The van der Waals surface area contributed by atoms with Crippen LogP contribution in [-0.2, 0) is 28.0 Å². The van der Waals surface area contributed by atoms with E-state index in [9.17, 15) is 14.0 Å². The fourth-order valence-corrected chi connectivity index (χ4v) is 5.47. The summed E-state index contributed by atoms with van der Waals surface area (Å²) in [5.41, 5.74) is 8.69. The van der Waals surface area contributed by atoms with Crippen LogP contribution in [0.25, 0.3) is 22.4 Å². The second-order valence-electron chi connectivity index (χ2n) is 10.1. The number of hydrogen-bond acceptors (Lipinski definition) is 6. The fourth-order valence-electron chi connectivity index (χ4n) is 5.30. The van der Waals surface area contributed by atoms with Crippen LogP contribution in [0, 0.1) is 5.82 Å². The van der Waals surface area contributed by atoms with Gasteiger partial charge in [-0.25, -0.2) is 14.4 Å². The Morgan fingerprint density at radius 2 is 1.93 bits per heavy atom. The van der Waals surface area contributed by atoms with Gasteiger partial charge in [0.2, 0.25) is 5.91 Å². The van der Waals surface area contributed by atoms with Gasteiger partial charge >= 0.3 is 5.97 Å². The van der Waals surface area contributed by atoms with Crippen molar-refractivity contribution in [1.29, 1.82) is 0 Å². The van der Waals surface area contributed by atoms with Crippen LogP contribution in [0.4, 0.5) is 16.0 Å². The van der Waals surface area contributed by atoms with E-state index < -0.39 is 11.4 Å². The third kappa shape index (κ3) is 4.55. The SMILES string of the molecule is C[C@@]1(c2cccc(CCC(=O)O)c2)C(=O)Nc2nc(-c3nn(Cc4ccccc4F)c4cc(Cl)ccc34)nc(N)c21. The van der Waals surface area contributed by atoms with E-state index in [1.165, 1.54) is 6.07 Å². The summed E-state index contributed by atoms with van der Waals surface area (Å²) in [6.07, 6.45) is 0.297. The van der Waals surface area contributed by atoms with Gasteiger partial charge in [-0.1, -0.05) is 54.1 Å². The summed E-state index contributed by atoms with van der Waals surface area (Å²) in [4.78, 5) is 33.7. The van der Waals surface area contributed by atoms with Gasteiger partial charge < -0.3 is 16.2 Å². The third-order valence-corrected chi connectivity index (χ3v) is 7.69. The maximum Gasteiger partial charge on any atom is 0.303 e. The summed E-state index contributed by atoms with van der Waals surface area (Å²) < 4.78 is 16.1. The van der Waals surface area contributed by atoms with Crippen LogP contribution >= 0.6 is 11.6 Å². The lowest BCUT2D eigenvalue weighted by atomic mass is 9.77. The number of nitrogens with one attached hydrogen (secondary N) is 1. The van der Waals surface area contributed by atoms with Gasteiger partial charge in [0.25, 0.3) is 0 Å². The van der Waals surface area contributed by atoms with Gasteiger partial charge in [0.1, 0.15) is 28.6 Å². The predicted molar refractivity (Wildman–Crippen MR) is 153 cm³/mol. The van der Waals surface area contributed by atoms with Crippen LogP contribution in [-0.4, -0.2) is 36.7 Å². The summed E-state index contributed by atoms with van der Waals surface area (Å²) in [6.45, 7) is 1.89. The molecule has 3 aromatic carbocycles. The van der Waals surface area contributed by atoms with E-state index in [0.29, 0.717) is 44.7 Å². The van der Waals surface area contributed by atoms with Gasteiger partial charge in [-0.2, -0.15) is 5.10 Å². The number of carboxylic acid groups (broad SMARTS) is 1. The number of anilines is 2. The Bertz CT molecular complexity index is 1870. The number of hydrogen-bond donors (Lipinski definition) is 3. The van der Waals surface area contributed by atoms with E-state index in [1.807, 2.05) is 12.1 Å². The van der Waals surface area contributed by atoms with Crippen molar-refractivity contribution in [2.24, 2.45) is 0 Å². The number of nitrogen functional groups attached to an aromatic ring is 1. The van der Waals surface area contributed by atoms with Crippen LogP contribution in [0.1, 0.15) is 35.6 Å². The molecule has 6 rings (SSSR count). The van der Waals surface area contributed by atoms with Crippen molar-refractivity contribution in [2.75, 3.05) is 11.1 Å². The Kier molecular flexibility index (Phi) is 6.42. The van der Waals surface area contributed by atoms with E-state index in [2.05, 4.69) is 15.3 Å². The van der Waals surface area contributed by atoms with Crippen LogP contribution in [0.5, 0.6) is 0 Å². The molecule has 0 saturated carbocycles. The second-order valence-corrected chi connectivity index (χ2v) is 10.5. The van der Waals surface area contributed by atoms with Gasteiger partial charge in [0.05, 0.1) is 17.6 Å². The van der Waals surface area contributed by atoms with Crippen LogP contribution in [0.2, 0.25) is 5.02 Å². The van der Waals surface area contributed by atoms with Crippen LogP contribution < -0.4 is 11.1 Å². The number of aliphatic carboxylic acids is 1. The minimum atomic E-state index is -1.20. The molecule has 0 bridgehead atoms. The van der Waals surface area contributed by atoms with E-state index in [0.717, 1.165) is 5.56 Å². The topological polar surface area (TPSA) is 136 Å². The number of carbonyl (C=O) groups excluding carboxylic acids is 1. The molecular weight excluding hydrogens is 547 g/mol. The molecule has 1 aliphatic rings. The Labute approximate surface area is 238 Å². The lowest BCUT2D eigenvalue weighted by Gasteiger charge is -2.24. The highest BCUT2D eigenvalue weighted by Crippen LogP contribution is 2.45. The molecular formula is C30H24ClFN6O3. The number of carboxylic acids is 1. The maximum atomic E-state index is 14.5. The molecule has 1 aliphatic heterocycles. The van der Waals surface area contributed by atoms with Gasteiger partial charge in [-0.3, -0.25) is 14.3 Å². The Morgan fingerprint density at radius 3 is 2.71 bits per heavy atom. The molecule has 9 nitrogen and oxygen atoms in total. The monoisotopic (exact) mass is 570 g/mol. The Balaban J connectivity index is 1.44. The molecule has 0 unspecified atom stereocenters. The molecule has 0 radical (unpaired) electrons. The summed E-state index contributed by atoms with van der Waals surface area (Å²) >= 11 is 6.29. The number of benzene rings is 3. The minimum Gasteiger partial charge on any atom is -0.481 e. The van der Waals surface area contributed by atoms with Gasteiger partial charge in [-0.15, -0.1) is 0 Å². The highest BCUT2D eigenvalue weighted by atomic mass is 35.5. The van der Waals surface area contributed by atoms with Crippen molar-refractivity contribution in [2.45, 2.75) is 31.7 Å². The smallest absolute Gasteiger partial charge is 0.303 e. The predicted octanol–water partition coefficient (Wildman–Crippen LogP) is 5.19. The standard InChI is InChI=1S/C30H24ClFN6O3/c1-30(18-7-4-5-16(13-18)9-12-23(39)40)24-26(33)34-28(35-27(24)36-29(30)41)25-20-11-10-19(31)14-22(20)38(37-25)15-17-6-2-3-8-21(17)32/h2-8,10-11,13-14H,9,12,15H2,1H3,(H,39,40)(H3,33,34,35,36,41)/t30-/m0/s1. The number of rotatable bonds is 7. The van der Waals surface area contributed by atoms with E-state index in [-0.39, 0.29) is 42.2 Å². The fraction of sp³-hybridized carbons (Fsp3) is 0.167. The van der Waals surface area contributed by atoms with E-state index in [1.54, 1.807) is 60.1 Å². The second kappa shape index (κ2) is 9.97. The molecule has 5 aromatic rings. The molecule has 206 valence electrons. The first-order chi connectivity index (χ1) is 19.6. The number of fused-ring (bicyclic) bond motifs is 2. The van der Waals surface area contributed by atoms with Gasteiger partial charge in [-0.05, 0) is 48.7 Å². The first kappa shape index (κ1) is 26.4. The number of carbonyl (C=O) groups is 2. The molecule has 4 N–H and O–H groups in total. The summed E-state index contributed by atoms with van der Waals surface area (Å²) in [5.74, 6) is -1.02. The normalized spacial score (nSPS) is 16.1. The van der Waals surface area contributed by atoms with Gasteiger partial charge in [0, 0.05) is 22.4 Å². The largest absolute Gasteiger partial charge is 0.481 e. The molecule has 2 aromatic heterocycles. The number of nitrogens with two attached hydrogens (primary N) is 1. The molecule has 0 fully saturated rings. The molecule has 1 atom stereocenters. The highest BCUT2D eigenvalue weighted by Gasteiger charge is 2.47. The quantitative estimate of drug-likeness (QED) is 0.245. The Hall–Kier alpha value is -4.83. The molecule has 1 amide bonds. The highest BCUT2D eigenvalue weighted by molar-refractivity contribution is 6.31. The molecule has 0 saturated heterocycles. The molecule has 0 aliphatic carbocycles. The average Bonchev–Trinajstić information content (AvgIpc) is 3.43. The molecule has 0 spiro atoms. The van der Waals surface area contributed by atoms with Crippen molar-refractivity contribution in [3.05, 3.63) is 99.8 Å². The van der Waals surface area contributed by atoms with E-state index in [4.69, 9.17) is 27.5 Å². The Morgan fingerprint density at radius 1 is 1.12 bits per heavy atom. The first-order valence-electron chi connectivity index (χ1n) is 12.9. The summed E-state index contributed by atoms with van der Waals surface area (Å²) in [7, 11) is 0. The van der Waals surface area contributed by atoms with E-state index >= 15 is 0 Å². The maximum absolute atomic E-state index is 14.5. The first-order valence-corrected chi connectivity index (χ1v) is 13.2. The van der Waals surface area contributed by atoms with Crippen molar-refractivity contribution in [3.8, 4) is 11.5 Å². The zero-order valence-corrected chi connectivity index (χ0v) is 22.6.